The molecule has 9 heteroatoms. The number of nitrogens with zero attached hydrogens (tertiary/aromatic N) is 4. The molecule has 1 aliphatic heterocycles. The fourth-order valence-corrected chi connectivity index (χ4v) is 3.24. The Balaban J connectivity index is 1.64. The lowest BCUT2D eigenvalue weighted by molar-refractivity contribution is -0.0269. The Labute approximate surface area is 174 Å². The van der Waals surface area contributed by atoms with E-state index in [9.17, 15) is 4.39 Å². The number of hydrogen-bond acceptors (Lipinski definition) is 7. The Hall–Kier alpha value is -3.20. The SMILES string of the molecule is CC(C)Oc1ccc(F)cc1C(C)Nc1ccn2ncc(C3=NC(C)(C)ON3)c2n1. The number of aliphatic imine (C=N–C) groups is 1. The van der Waals surface area contributed by atoms with Gasteiger partial charge in [-0.1, -0.05) is 0 Å². The van der Waals surface area contributed by atoms with Gasteiger partial charge in [-0.15, -0.1) is 0 Å². The van der Waals surface area contributed by atoms with Crippen molar-refractivity contribution < 1.29 is 14.0 Å². The number of ether oxygens (including phenoxy) is 1. The second kappa shape index (κ2) is 7.56. The van der Waals surface area contributed by atoms with E-state index in [1.807, 2.05) is 40.7 Å². The number of amidine groups is 1. The molecule has 1 aromatic carbocycles. The molecule has 30 heavy (non-hydrogen) atoms. The fraction of sp³-hybridized carbons (Fsp3) is 0.381. The maximum atomic E-state index is 13.9. The van der Waals surface area contributed by atoms with E-state index in [-0.39, 0.29) is 18.0 Å². The van der Waals surface area contributed by atoms with Gasteiger partial charge in [0.2, 0.25) is 0 Å². The number of rotatable bonds is 6. The summed E-state index contributed by atoms with van der Waals surface area (Å²) in [5, 5.41) is 7.65. The molecule has 1 atom stereocenters. The summed E-state index contributed by atoms with van der Waals surface area (Å²) in [6.45, 7) is 9.52. The predicted molar refractivity (Wildman–Crippen MR) is 112 cm³/mol. The first-order valence-electron chi connectivity index (χ1n) is 9.83. The Morgan fingerprint density at radius 3 is 2.73 bits per heavy atom. The number of nitrogens with one attached hydrogen (secondary N) is 2. The predicted octanol–water partition coefficient (Wildman–Crippen LogP) is 3.85. The third-order valence-electron chi connectivity index (χ3n) is 4.57. The van der Waals surface area contributed by atoms with E-state index in [0.29, 0.717) is 23.1 Å². The van der Waals surface area contributed by atoms with Crippen LogP contribution in [0.3, 0.4) is 0 Å². The van der Waals surface area contributed by atoms with Crippen LogP contribution in [-0.2, 0) is 4.84 Å². The van der Waals surface area contributed by atoms with Crippen molar-refractivity contribution in [3.8, 4) is 5.75 Å². The van der Waals surface area contributed by atoms with Gasteiger partial charge < -0.3 is 10.1 Å². The number of anilines is 1. The van der Waals surface area contributed by atoms with Crippen LogP contribution in [0.1, 0.15) is 51.8 Å². The first-order chi connectivity index (χ1) is 14.2. The molecule has 3 heterocycles. The molecule has 8 nitrogen and oxygen atoms in total. The fourth-order valence-electron chi connectivity index (χ4n) is 3.24. The minimum Gasteiger partial charge on any atom is -0.491 e. The molecule has 2 N–H and O–H groups in total. The maximum absolute atomic E-state index is 13.9. The first kappa shape index (κ1) is 20.1. The molecule has 0 aliphatic carbocycles. The zero-order valence-corrected chi connectivity index (χ0v) is 17.6. The number of benzene rings is 1. The van der Waals surface area contributed by atoms with Crippen molar-refractivity contribution in [2.24, 2.45) is 4.99 Å². The Morgan fingerprint density at radius 1 is 1.23 bits per heavy atom. The topological polar surface area (TPSA) is 85.1 Å². The number of hydrogen-bond donors (Lipinski definition) is 2. The average molecular weight is 412 g/mol. The van der Waals surface area contributed by atoms with E-state index in [1.54, 1.807) is 23.0 Å². The van der Waals surface area contributed by atoms with Gasteiger partial charge in [0.1, 0.15) is 17.4 Å². The maximum Gasteiger partial charge on any atom is 0.182 e. The smallest absolute Gasteiger partial charge is 0.182 e. The van der Waals surface area contributed by atoms with Crippen LogP contribution in [0.5, 0.6) is 5.75 Å². The third kappa shape index (κ3) is 4.06. The van der Waals surface area contributed by atoms with Crippen molar-refractivity contribution in [3.05, 3.63) is 53.6 Å². The lowest BCUT2D eigenvalue weighted by Crippen LogP contribution is -2.23. The molecule has 0 radical (unpaired) electrons. The third-order valence-corrected chi connectivity index (χ3v) is 4.57. The van der Waals surface area contributed by atoms with E-state index in [2.05, 4.69) is 25.9 Å². The molecular formula is C21H25FN6O2. The first-order valence-corrected chi connectivity index (χ1v) is 9.83. The molecule has 1 unspecified atom stereocenters. The Morgan fingerprint density at radius 2 is 2.03 bits per heavy atom. The molecule has 0 saturated heterocycles. The number of fused-ring (bicyclic) bond motifs is 1. The summed E-state index contributed by atoms with van der Waals surface area (Å²) >= 11 is 0. The van der Waals surface area contributed by atoms with Gasteiger partial charge in [-0.25, -0.2) is 29.2 Å². The number of hydroxylamine groups is 1. The second-order valence-electron chi connectivity index (χ2n) is 7.97. The zero-order chi connectivity index (χ0) is 21.5. The standard InChI is InChI=1S/C21H25FN6O2/c1-12(2)29-17-7-6-14(22)10-15(17)13(3)24-18-8-9-28-20(25-18)16(11-23-28)19-26-21(4,5)30-27-19/h6-13H,1-5H3,(H,24,25)(H,26,27). The van der Waals surface area contributed by atoms with Gasteiger partial charge in [0, 0.05) is 11.8 Å². The van der Waals surface area contributed by atoms with Crippen LogP contribution in [0, 0.1) is 5.82 Å². The van der Waals surface area contributed by atoms with Crippen molar-refractivity contribution in [2.75, 3.05) is 5.32 Å². The van der Waals surface area contributed by atoms with Crippen molar-refractivity contribution >= 4 is 17.3 Å². The Kier molecular flexibility index (Phi) is 5.07. The summed E-state index contributed by atoms with van der Waals surface area (Å²) in [6, 6.07) is 6.11. The number of aromatic nitrogens is 3. The van der Waals surface area contributed by atoms with Crippen molar-refractivity contribution in [1.82, 2.24) is 20.1 Å². The summed E-state index contributed by atoms with van der Waals surface area (Å²) in [4.78, 5) is 14.6. The van der Waals surface area contributed by atoms with Crippen LogP contribution in [-0.4, -0.2) is 32.3 Å². The van der Waals surface area contributed by atoms with Gasteiger partial charge in [-0.3, -0.25) is 0 Å². The van der Waals surface area contributed by atoms with Gasteiger partial charge in [0.15, 0.2) is 17.2 Å². The lowest BCUT2D eigenvalue weighted by atomic mass is 10.1. The van der Waals surface area contributed by atoms with Crippen LogP contribution < -0.4 is 15.5 Å². The summed E-state index contributed by atoms with van der Waals surface area (Å²) in [6.07, 6.45) is 3.48. The minimum atomic E-state index is -0.655. The van der Waals surface area contributed by atoms with Crippen LogP contribution in [0.15, 0.2) is 41.7 Å². The molecule has 3 aromatic rings. The molecule has 2 aromatic heterocycles. The number of halogens is 1. The molecular weight excluding hydrogens is 387 g/mol. The highest BCUT2D eigenvalue weighted by Gasteiger charge is 2.28. The summed E-state index contributed by atoms with van der Waals surface area (Å²) in [5.74, 6) is 1.52. The van der Waals surface area contributed by atoms with E-state index >= 15 is 0 Å². The largest absolute Gasteiger partial charge is 0.491 e. The highest BCUT2D eigenvalue weighted by Crippen LogP contribution is 2.29. The minimum absolute atomic E-state index is 0.0172. The van der Waals surface area contributed by atoms with E-state index in [4.69, 9.17) is 9.57 Å². The molecule has 4 rings (SSSR count). The highest BCUT2D eigenvalue weighted by atomic mass is 19.1. The van der Waals surface area contributed by atoms with Crippen LogP contribution in [0.2, 0.25) is 0 Å². The Bertz CT molecular complexity index is 1110. The molecule has 0 spiro atoms. The second-order valence-corrected chi connectivity index (χ2v) is 7.97. The van der Waals surface area contributed by atoms with Crippen molar-refractivity contribution in [2.45, 2.75) is 52.5 Å². The van der Waals surface area contributed by atoms with Crippen LogP contribution >= 0.6 is 0 Å². The van der Waals surface area contributed by atoms with Gasteiger partial charge in [0.25, 0.3) is 0 Å². The van der Waals surface area contributed by atoms with E-state index < -0.39 is 5.72 Å². The van der Waals surface area contributed by atoms with Gasteiger partial charge in [-0.2, -0.15) is 5.10 Å². The molecule has 0 bridgehead atoms. The molecule has 0 fully saturated rings. The highest BCUT2D eigenvalue weighted by molar-refractivity contribution is 6.03. The average Bonchev–Trinajstić information content (AvgIpc) is 3.25. The molecule has 0 amide bonds. The normalized spacial score (nSPS) is 16.4. The zero-order valence-electron chi connectivity index (χ0n) is 17.6. The molecule has 1 aliphatic rings. The summed E-state index contributed by atoms with van der Waals surface area (Å²) < 4.78 is 21.4. The van der Waals surface area contributed by atoms with Gasteiger partial charge >= 0.3 is 0 Å². The molecule has 0 saturated carbocycles. The van der Waals surface area contributed by atoms with Crippen LogP contribution in [0.4, 0.5) is 10.2 Å². The van der Waals surface area contributed by atoms with Gasteiger partial charge in [0.05, 0.1) is 23.9 Å². The lowest BCUT2D eigenvalue weighted by Gasteiger charge is -2.20. The monoisotopic (exact) mass is 412 g/mol. The van der Waals surface area contributed by atoms with Crippen molar-refractivity contribution in [1.29, 1.82) is 0 Å². The summed E-state index contributed by atoms with van der Waals surface area (Å²) in [7, 11) is 0. The van der Waals surface area contributed by atoms with E-state index in [1.165, 1.54) is 12.1 Å². The molecule has 158 valence electrons. The van der Waals surface area contributed by atoms with Crippen molar-refractivity contribution in [3.63, 3.8) is 0 Å². The quantitative estimate of drug-likeness (QED) is 0.640. The van der Waals surface area contributed by atoms with E-state index in [0.717, 1.165) is 11.1 Å². The van der Waals surface area contributed by atoms with Crippen LogP contribution in [0.25, 0.3) is 5.65 Å². The van der Waals surface area contributed by atoms with Gasteiger partial charge in [-0.05, 0) is 58.9 Å². The summed E-state index contributed by atoms with van der Waals surface area (Å²) in [5.41, 5.74) is 4.25.